The number of likely N-dealkylation sites (N-methyl/N-ethyl adjacent to an activating group) is 1. The SMILES string of the molecule is COc1ccc2cc1-c1cc(ccc1OC)CC1c3cc4c(cc3CCN1C)Oc1c(O)cc3c(c1O4)C(C2)NCC3. The first kappa shape index (κ1) is 25.5. The Hall–Kier alpha value is -4.20. The number of phenols is 1. The molecule has 0 amide bonds. The molecule has 0 aromatic heterocycles. The van der Waals surface area contributed by atoms with Crippen molar-refractivity contribution in [1.82, 2.24) is 10.2 Å². The van der Waals surface area contributed by atoms with Crippen molar-refractivity contribution in [1.29, 1.82) is 0 Å². The Balaban J connectivity index is 1.38. The van der Waals surface area contributed by atoms with Crippen LogP contribution in [0.3, 0.4) is 0 Å². The molecule has 4 aromatic rings. The second-order valence-corrected chi connectivity index (χ2v) is 11.8. The van der Waals surface area contributed by atoms with Crippen LogP contribution in [0.15, 0.2) is 54.6 Å². The largest absolute Gasteiger partial charge is 0.504 e. The van der Waals surface area contributed by atoms with Gasteiger partial charge in [-0.15, -0.1) is 0 Å². The molecule has 4 aromatic carbocycles. The van der Waals surface area contributed by atoms with Gasteiger partial charge in [-0.1, -0.05) is 12.1 Å². The summed E-state index contributed by atoms with van der Waals surface area (Å²) in [6, 6.07) is 19.2. The van der Waals surface area contributed by atoms with Gasteiger partial charge in [-0.3, -0.25) is 4.90 Å². The van der Waals surface area contributed by atoms with Crippen molar-refractivity contribution in [2.75, 3.05) is 34.4 Å². The summed E-state index contributed by atoms with van der Waals surface area (Å²) in [4.78, 5) is 2.42. The molecule has 8 rings (SSSR count). The lowest BCUT2D eigenvalue weighted by Crippen LogP contribution is -2.33. The van der Waals surface area contributed by atoms with E-state index in [1.54, 1.807) is 14.2 Å². The quantitative estimate of drug-likeness (QED) is 0.255. The summed E-state index contributed by atoms with van der Waals surface area (Å²) in [6.45, 7) is 1.76. The molecule has 0 fully saturated rings. The molecule has 0 saturated heterocycles. The van der Waals surface area contributed by atoms with Gasteiger partial charge in [0.1, 0.15) is 11.5 Å². The maximum atomic E-state index is 11.1. The molecule has 2 unspecified atom stereocenters. The molecule has 4 aliphatic rings. The average Bonchev–Trinajstić information content (AvgIpc) is 3.00. The number of ether oxygens (including phenoxy) is 4. The molecule has 7 heteroatoms. The van der Waals surface area contributed by atoms with Crippen molar-refractivity contribution in [3.05, 3.63) is 88.0 Å². The zero-order valence-electron chi connectivity index (χ0n) is 24.1. The summed E-state index contributed by atoms with van der Waals surface area (Å²) in [6.07, 6.45) is 3.29. The molecular weight excluding hydrogens is 528 g/mol. The number of benzene rings is 4. The van der Waals surface area contributed by atoms with E-state index < -0.39 is 0 Å². The van der Waals surface area contributed by atoms with Crippen molar-refractivity contribution in [3.8, 4) is 51.4 Å². The van der Waals surface area contributed by atoms with Crippen LogP contribution in [0.4, 0.5) is 0 Å². The highest BCUT2D eigenvalue weighted by atomic mass is 16.6. The first-order valence-electron chi connectivity index (χ1n) is 14.7. The Morgan fingerprint density at radius 1 is 0.810 bits per heavy atom. The van der Waals surface area contributed by atoms with E-state index in [0.717, 1.165) is 78.1 Å². The van der Waals surface area contributed by atoms with Crippen LogP contribution in [0.25, 0.3) is 11.1 Å². The van der Waals surface area contributed by atoms with E-state index in [0.29, 0.717) is 23.0 Å². The molecule has 42 heavy (non-hydrogen) atoms. The van der Waals surface area contributed by atoms with E-state index in [1.165, 1.54) is 16.7 Å². The fraction of sp³-hybridized carbons (Fsp3) is 0.314. The van der Waals surface area contributed by atoms with Gasteiger partial charge in [0.15, 0.2) is 23.0 Å². The molecule has 0 radical (unpaired) electrons. The number of hydrogen-bond donors (Lipinski definition) is 2. The van der Waals surface area contributed by atoms with Gasteiger partial charge in [0.25, 0.3) is 0 Å². The van der Waals surface area contributed by atoms with Crippen LogP contribution in [0, 0.1) is 0 Å². The molecule has 4 heterocycles. The summed E-state index contributed by atoms with van der Waals surface area (Å²) < 4.78 is 24.9. The standard InChI is InChI=1S/C35H34N2O5/c1-37-11-9-21-17-31-32-18-23(21)27(37)15-20-5-7-30(40-3)25(13-20)24-12-19(4-6-29(24)39-2)14-26-33-22(8-10-36-26)16-28(38)34(41-31)35(33)42-32/h4-7,12-13,16-18,26-27,36,38H,8-11,14-15H2,1-3H3. The van der Waals surface area contributed by atoms with Crippen molar-refractivity contribution in [2.45, 2.75) is 37.8 Å². The van der Waals surface area contributed by atoms with Crippen LogP contribution in [-0.4, -0.2) is 44.4 Å². The lowest BCUT2D eigenvalue weighted by atomic mass is 9.86. The Labute approximate surface area is 245 Å². The predicted molar refractivity (Wildman–Crippen MR) is 161 cm³/mol. The summed E-state index contributed by atoms with van der Waals surface area (Å²) in [5.41, 5.74) is 9.06. The van der Waals surface area contributed by atoms with Crippen LogP contribution in [-0.2, 0) is 25.7 Å². The summed E-state index contributed by atoms with van der Waals surface area (Å²) in [7, 11) is 5.64. The number of nitrogens with zero attached hydrogens (tertiary/aromatic N) is 1. The molecule has 0 spiro atoms. The minimum absolute atomic E-state index is 0.0212. The highest BCUT2D eigenvalue weighted by Gasteiger charge is 2.35. The normalized spacial score (nSPS) is 20.0. The number of aromatic hydroxyl groups is 1. The zero-order valence-corrected chi connectivity index (χ0v) is 24.1. The minimum Gasteiger partial charge on any atom is -0.504 e. The molecule has 2 N–H and O–H groups in total. The fourth-order valence-corrected chi connectivity index (χ4v) is 7.26. The van der Waals surface area contributed by atoms with Crippen LogP contribution in [0.1, 0.15) is 45.5 Å². The second-order valence-electron chi connectivity index (χ2n) is 11.8. The summed E-state index contributed by atoms with van der Waals surface area (Å²) in [5, 5.41) is 14.8. The maximum absolute atomic E-state index is 11.1. The van der Waals surface area contributed by atoms with Crippen LogP contribution >= 0.6 is 0 Å². The maximum Gasteiger partial charge on any atom is 0.212 e. The Morgan fingerprint density at radius 3 is 2.24 bits per heavy atom. The molecule has 4 aliphatic heterocycles. The molecule has 2 atom stereocenters. The van der Waals surface area contributed by atoms with Crippen molar-refractivity contribution in [2.24, 2.45) is 0 Å². The van der Waals surface area contributed by atoms with Gasteiger partial charge in [0.05, 0.1) is 14.2 Å². The zero-order chi connectivity index (χ0) is 28.5. The highest BCUT2D eigenvalue weighted by Crippen LogP contribution is 2.55. The van der Waals surface area contributed by atoms with E-state index in [2.05, 4.69) is 59.7 Å². The number of fused-ring (bicyclic) bond motifs is 5. The predicted octanol–water partition coefficient (Wildman–Crippen LogP) is 6.49. The number of rotatable bonds is 2. The summed E-state index contributed by atoms with van der Waals surface area (Å²) >= 11 is 0. The average molecular weight is 563 g/mol. The van der Waals surface area contributed by atoms with Crippen molar-refractivity contribution >= 4 is 0 Å². The Morgan fingerprint density at radius 2 is 1.50 bits per heavy atom. The monoisotopic (exact) mass is 562 g/mol. The first-order valence-corrected chi connectivity index (χ1v) is 14.7. The molecule has 0 aliphatic carbocycles. The van der Waals surface area contributed by atoms with E-state index in [4.69, 9.17) is 18.9 Å². The molecule has 7 nitrogen and oxygen atoms in total. The molecular formula is C35H34N2O5. The lowest BCUT2D eigenvalue weighted by molar-refractivity contribution is 0.227. The third-order valence-electron chi connectivity index (χ3n) is 9.42. The lowest BCUT2D eigenvalue weighted by Gasteiger charge is -2.37. The second kappa shape index (κ2) is 9.68. The van der Waals surface area contributed by atoms with Gasteiger partial charge in [0.2, 0.25) is 5.75 Å². The van der Waals surface area contributed by atoms with E-state index in [9.17, 15) is 5.11 Å². The van der Waals surface area contributed by atoms with E-state index >= 15 is 0 Å². The van der Waals surface area contributed by atoms with Crippen LogP contribution in [0.2, 0.25) is 0 Å². The number of methoxy groups -OCH3 is 2. The minimum atomic E-state index is -0.0212. The van der Waals surface area contributed by atoms with Gasteiger partial charge in [-0.25, -0.2) is 0 Å². The van der Waals surface area contributed by atoms with Crippen LogP contribution in [0.5, 0.6) is 40.2 Å². The third kappa shape index (κ3) is 3.95. The molecule has 214 valence electrons. The highest BCUT2D eigenvalue weighted by molar-refractivity contribution is 5.77. The third-order valence-corrected chi connectivity index (χ3v) is 9.42. The fourth-order valence-electron chi connectivity index (χ4n) is 7.26. The van der Waals surface area contributed by atoms with Crippen molar-refractivity contribution < 1.29 is 24.1 Å². The van der Waals surface area contributed by atoms with Gasteiger partial charge >= 0.3 is 0 Å². The Bertz CT molecular complexity index is 1750. The van der Waals surface area contributed by atoms with Gasteiger partial charge in [0, 0.05) is 35.3 Å². The Kier molecular flexibility index (Phi) is 5.88. The number of phenolic OH excluding ortho intramolecular Hbond substituents is 1. The van der Waals surface area contributed by atoms with E-state index in [-0.39, 0.29) is 17.8 Å². The topological polar surface area (TPSA) is 72.4 Å². The number of nitrogens with one attached hydrogen (secondary N) is 1. The summed E-state index contributed by atoms with van der Waals surface area (Å²) in [5.74, 6) is 4.13. The number of hydrogen-bond acceptors (Lipinski definition) is 7. The van der Waals surface area contributed by atoms with Crippen LogP contribution < -0.4 is 24.3 Å². The van der Waals surface area contributed by atoms with Crippen molar-refractivity contribution in [3.63, 3.8) is 0 Å². The van der Waals surface area contributed by atoms with Gasteiger partial charge in [-0.05, 0) is 110 Å². The van der Waals surface area contributed by atoms with Gasteiger partial charge < -0.3 is 29.4 Å². The smallest absolute Gasteiger partial charge is 0.212 e. The van der Waals surface area contributed by atoms with E-state index in [1.807, 2.05) is 12.1 Å². The molecule has 7 bridgehead atoms. The molecule has 0 saturated carbocycles. The first-order chi connectivity index (χ1) is 20.5. The van der Waals surface area contributed by atoms with Gasteiger partial charge in [-0.2, -0.15) is 0 Å².